The monoisotopic (exact) mass is 323 g/mol. The average molecular weight is 323 g/mol. The molecule has 23 heavy (non-hydrogen) atoms. The predicted molar refractivity (Wildman–Crippen MR) is 93.9 cm³/mol. The van der Waals surface area contributed by atoms with Gasteiger partial charge in [0, 0.05) is 51.9 Å². The minimum Gasteiger partial charge on any atom is -0.379 e. The molecule has 0 aromatic heterocycles. The van der Waals surface area contributed by atoms with E-state index in [2.05, 4.69) is 39.1 Å². The summed E-state index contributed by atoms with van der Waals surface area (Å²) < 4.78 is 5.47. The van der Waals surface area contributed by atoms with Crippen LogP contribution in [-0.4, -0.2) is 99.8 Å². The lowest BCUT2D eigenvalue weighted by molar-refractivity contribution is 0.0195. The third kappa shape index (κ3) is 4.37. The minimum atomic E-state index is 0.629. The Hall–Kier alpha value is -0.850. The molecule has 2 saturated heterocycles. The number of likely N-dealkylation sites (tertiary alicyclic amines) is 1. The zero-order chi connectivity index (χ0) is 16.2. The quantitative estimate of drug-likeness (QED) is 0.583. The summed E-state index contributed by atoms with van der Waals surface area (Å²) in [6, 6.07) is 1.29. The highest BCUT2D eigenvalue weighted by Gasteiger charge is 2.34. The second-order valence-electron chi connectivity index (χ2n) is 7.33. The van der Waals surface area contributed by atoms with Gasteiger partial charge in [-0.05, 0) is 39.3 Å². The van der Waals surface area contributed by atoms with Gasteiger partial charge in [-0.15, -0.1) is 0 Å². The molecular weight excluding hydrogens is 290 g/mol. The van der Waals surface area contributed by atoms with E-state index in [4.69, 9.17) is 4.74 Å². The van der Waals surface area contributed by atoms with Crippen LogP contribution in [0.1, 0.15) is 19.3 Å². The summed E-state index contributed by atoms with van der Waals surface area (Å²) in [6.45, 7) is 7.13. The lowest BCUT2D eigenvalue weighted by Crippen LogP contribution is -2.49. The van der Waals surface area contributed by atoms with Crippen molar-refractivity contribution < 1.29 is 4.74 Å². The van der Waals surface area contributed by atoms with E-state index in [-0.39, 0.29) is 0 Å². The third-order valence-corrected chi connectivity index (χ3v) is 5.54. The van der Waals surface area contributed by atoms with Crippen LogP contribution < -0.4 is 5.32 Å². The summed E-state index contributed by atoms with van der Waals surface area (Å²) in [6.07, 6.45) is 4.00. The fraction of sp³-hybridized carbons (Fsp3) is 0.941. The van der Waals surface area contributed by atoms with E-state index < -0.39 is 0 Å². The SMILES string of the molecule is CN=C(NCC(C1CC1)N(C)C)N1CCC(N2CCOCC2)C1. The number of guanidine groups is 1. The molecule has 0 radical (unpaired) electrons. The van der Waals surface area contributed by atoms with Crippen LogP contribution in [0.3, 0.4) is 0 Å². The number of hydrogen-bond acceptors (Lipinski definition) is 4. The zero-order valence-electron chi connectivity index (χ0n) is 15.0. The van der Waals surface area contributed by atoms with Gasteiger partial charge in [0.1, 0.15) is 0 Å². The highest BCUT2D eigenvalue weighted by molar-refractivity contribution is 5.80. The van der Waals surface area contributed by atoms with Crippen LogP contribution in [0, 0.1) is 5.92 Å². The van der Waals surface area contributed by atoms with Crippen molar-refractivity contribution in [3.05, 3.63) is 0 Å². The molecule has 132 valence electrons. The van der Waals surface area contributed by atoms with Crippen LogP contribution >= 0.6 is 0 Å². The molecule has 0 aromatic carbocycles. The number of nitrogens with one attached hydrogen (secondary N) is 1. The van der Waals surface area contributed by atoms with E-state index in [9.17, 15) is 0 Å². The molecule has 1 aliphatic carbocycles. The molecule has 2 atom stereocenters. The fourth-order valence-electron chi connectivity index (χ4n) is 3.95. The van der Waals surface area contributed by atoms with Crippen LogP contribution in [0.15, 0.2) is 4.99 Å². The molecule has 2 aliphatic heterocycles. The first-order chi connectivity index (χ1) is 11.2. The Morgan fingerprint density at radius 1 is 1.22 bits per heavy atom. The summed E-state index contributed by atoms with van der Waals surface area (Å²) in [5.74, 6) is 1.95. The number of morpholine rings is 1. The number of rotatable bonds is 5. The molecule has 0 amide bonds. The van der Waals surface area contributed by atoms with Crippen molar-refractivity contribution in [1.29, 1.82) is 0 Å². The molecule has 6 nitrogen and oxygen atoms in total. The molecule has 0 aromatic rings. The van der Waals surface area contributed by atoms with Crippen molar-refractivity contribution in [2.75, 3.05) is 67.1 Å². The first-order valence-electron chi connectivity index (χ1n) is 9.13. The summed E-state index contributed by atoms with van der Waals surface area (Å²) in [5.41, 5.74) is 0. The standard InChI is InChI=1S/C17H33N5O/c1-18-17(19-12-16(20(2)3)14-4-5-14)22-7-6-15(13-22)21-8-10-23-11-9-21/h14-16H,4-13H2,1-3H3,(H,18,19). The molecule has 3 fully saturated rings. The molecular formula is C17H33N5O. The molecule has 3 aliphatic rings. The maximum atomic E-state index is 5.47. The lowest BCUT2D eigenvalue weighted by atomic mass is 10.1. The maximum Gasteiger partial charge on any atom is 0.193 e. The van der Waals surface area contributed by atoms with E-state index in [0.717, 1.165) is 57.8 Å². The van der Waals surface area contributed by atoms with Gasteiger partial charge in [-0.2, -0.15) is 0 Å². The van der Waals surface area contributed by atoms with E-state index in [1.807, 2.05) is 7.05 Å². The van der Waals surface area contributed by atoms with Crippen LogP contribution in [-0.2, 0) is 4.74 Å². The smallest absolute Gasteiger partial charge is 0.193 e. The summed E-state index contributed by atoms with van der Waals surface area (Å²) in [7, 11) is 6.29. The molecule has 1 saturated carbocycles. The Kier molecular flexibility index (Phi) is 5.77. The first kappa shape index (κ1) is 17.0. The molecule has 0 spiro atoms. The van der Waals surface area contributed by atoms with Crippen LogP contribution in [0.5, 0.6) is 0 Å². The summed E-state index contributed by atoms with van der Waals surface area (Å²) >= 11 is 0. The molecule has 0 bridgehead atoms. The molecule has 2 heterocycles. The molecule has 1 N–H and O–H groups in total. The van der Waals surface area contributed by atoms with Crippen molar-refractivity contribution in [1.82, 2.24) is 20.0 Å². The minimum absolute atomic E-state index is 0.629. The Morgan fingerprint density at radius 2 is 1.96 bits per heavy atom. The topological polar surface area (TPSA) is 43.3 Å². The highest BCUT2D eigenvalue weighted by atomic mass is 16.5. The van der Waals surface area contributed by atoms with E-state index in [1.54, 1.807) is 0 Å². The van der Waals surface area contributed by atoms with Crippen molar-refractivity contribution in [2.45, 2.75) is 31.3 Å². The lowest BCUT2D eigenvalue weighted by Gasteiger charge is -2.32. The second-order valence-corrected chi connectivity index (χ2v) is 7.33. The van der Waals surface area contributed by atoms with E-state index >= 15 is 0 Å². The third-order valence-electron chi connectivity index (χ3n) is 5.54. The Bertz CT molecular complexity index is 402. The predicted octanol–water partition coefficient (Wildman–Crippen LogP) is 0.309. The first-order valence-corrected chi connectivity index (χ1v) is 9.13. The van der Waals surface area contributed by atoms with Gasteiger partial charge in [-0.3, -0.25) is 9.89 Å². The van der Waals surface area contributed by atoms with E-state index in [0.29, 0.717) is 12.1 Å². The molecule has 6 heteroatoms. The van der Waals surface area contributed by atoms with Crippen molar-refractivity contribution in [2.24, 2.45) is 10.9 Å². The van der Waals surface area contributed by atoms with Crippen molar-refractivity contribution in [3.8, 4) is 0 Å². The average Bonchev–Trinajstić information content (AvgIpc) is 3.28. The summed E-state index contributed by atoms with van der Waals surface area (Å²) in [5, 5.41) is 3.63. The van der Waals surface area contributed by atoms with Crippen LogP contribution in [0.4, 0.5) is 0 Å². The van der Waals surface area contributed by atoms with Gasteiger partial charge in [-0.1, -0.05) is 0 Å². The second kappa shape index (κ2) is 7.81. The molecule has 2 unspecified atom stereocenters. The maximum absolute atomic E-state index is 5.47. The highest BCUT2D eigenvalue weighted by Crippen LogP contribution is 2.34. The van der Waals surface area contributed by atoms with Crippen LogP contribution in [0.2, 0.25) is 0 Å². The zero-order valence-corrected chi connectivity index (χ0v) is 15.0. The largest absolute Gasteiger partial charge is 0.379 e. The van der Waals surface area contributed by atoms with Gasteiger partial charge in [0.15, 0.2) is 5.96 Å². The van der Waals surface area contributed by atoms with Crippen molar-refractivity contribution in [3.63, 3.8) is 0 Å². The van der Waals surface area contributed by atoms with Gasteiger partial charge < -0.3 is 19.9 Å². The Morgan fingerprint density at radius 3 is 2.57 bits per heavy atom. The van der Waals surface area contributed by atoms with Crippen molar-refractivity contribution >= 4 is 5.96 Å². The van der Waals surface area contributed by atoms with Gasteiger partial charge in [0.05, 0.1) is 13.2 Å². The van der Waals surface area contributed by atoms with Gasteiger partial charge in [0.25, 0.3) is 0 Å². The summed E-state index contributed by atoms with van der Waals surface area (Å²) in [4.78, 5) is 11.9. The number of hydrogen-bond donors (Lipinski definition) is 1. The van der Waals surface area contributed by atoms with Gasteiger partial charge in [-0.25, -0.2) is 0 Å². The Labute approximate surface area is 140 Å². The number of aliphatic imine (C=N–C) groups is 1. The number of likely N-dealkylation sites (N-methyl/N-ethyl adjacent to an activating group) is 1. The Balaban J connectivity index is 1.48. The van der Waals surface area contributed by atoms with Crippen LogP contribution in [0.25, 0.3) is 0 Å². The molecule has 3 rings (SSSR count). The normalized spacial score (nSPS) is 28.4. The van der Waals surface area contributed by atoms with Gasteiger partial charge in [0.2, 0.25) is 0 Å². The fourth-order valence-corrected chi connectivity index (χ4v) is 3.95. The van der Waals surface area contributed by atoms with Gasteiger partial charge >= 0.3 is 0 Å². The van der Waals surface area contributed by atoms with E-state index in [1.165, 1.54) is 19.3 Å². The number of nitrogens with zero attached hydrogens (tertiary/aromatic N) is 4. The number of ether oxygens (including phenoxy) is 1.